The van der Waals surface area contributed by atoms with Gasteiger partial charge in [0.2, 0.25) is 0 Å². The van der Waals surface area contributed by atoms with Gasteiger partial charge < -0.3 is 10.1 Å². The van der Waals surface area contributed by atoms with Crippen molar-refractivity contribution in [1.82, 2.24) is 5.32 Å². The summed E-state index contributed by atoms with van der Waals surface area (Å²) in [7, 11) is 0. The Morgan fingerprint density at radius 2 is 2.05 bits per heavy atom. The van der Waals surface area contributed by atoms with Crippen molar-refractivity contribution in [2.24, 2.45) is 5.41 Å². The van der Waals surface area contributed by atoms with E-state index in [0.29, 0.717) is 22.2 Å². The summed E-state index contributed by atoms with van der Waals surface area (Å²) < 4.78 is 5.77. The molecule has 4 heteroatoms. The van der Waals surface area contributed by atoms with Crippen molar-refractivity contribution in [3.05, 3.63) is 33.8 Å². The predicted molar refractivity (Wildman–Crippen MR) is 85.6 cm³/mol. The zero-order chi connectivity index (χ0) is 14.9. The topological polar surface area (TPSA) is 21.3 Å². The van der Waals surface area contributed by atoms with Crippen LogP contribution in [0.3, 0.4) is 0 Å². The fourth-order valence-corrected chi connectivity index (χ4v) is 3.14. The summed E-state index contributed by atoms with van der Waals surface area (Å²) in [5, 5.41) is 4.89. The third-order valence-corrected chi connectivity index (χ3v) is 5.18. The van der Waals surface area contributed by atoms with Crippen LogP contribution in [-0.4, -0.2) is 18.8 Å². The average molecular weight is 316 g/mol. The molecular formula is C16H23Cl2NO. The predicted octanol–water partition coefficient (Wildman–Crippen LogP) is 4.85. The highest BCUT2D eigenvalue weighted by Gasteiger charge is 2.49. The van der Waals surface area contributed by atoms with E-state index in [-0.39, 0.29) is 11.5 Å². The Morgan fingerprint density at radius 1 is 1.35 bits per heavy atom. The molecule has 1 aliphatic carbocycles. The van der Waals surface area contributed by atoms with Gasteiger partial charge in [-0.15, -0.1) is 0 Å². The van der Waals surface area contributed by atoms with Crippen LogP contribution in [0.2, 0.25) is 10.0 Å². The fraction of sp³-hybridized carbons (Fsp3) is 0.625. The molecule has 0 aliphatic heterocycles. The van der Waals surface area contributed by atoms with Crippen molar-refractivity contribution in [2.75, 3.05) is 6.61 Å². The summed E-state index contributed by atoms with van der Waals surface area (Å²) in [5.41, 5.74) is 1.33. The van der Waals surface area contributed by atoms with Gasteiger partial charge in [0, 0.05) is 24.1 Å². The SMILES string of the molecule is CCOC1CC(NC(C)c2ccc(Cl)c(Cl)c2)C1(C)C. The first-order valence-electron chi connectivity index (χ1n) is 7.18. The third-order valence-electron chi connectivity index (χ3n) is 4.44. The van der Waals surface area contributed by atoms with Crippen LogP contribution in [0.1, 0.15) is 45.7 Å². The maximum atomic E-state index is 6.08. The van der Waals surface area contributed by atoms with E-state index in [4.69, 9.17) is 27.9 Å². The largest absolute Gasteiger partial charge is 0.378 e. The molecule has 3 atom stereocenters. The highest BCUT2D eigenvalue weighted by molar-refractivity contribution is 6.42. The summed E-state index contributed by atoms with van der Waals surface area (Å²) in [5.74, 6) is 0. The molecule has 20 heavy (non-hydrogen) atoms. The fourth-order valence-electron chi connectivity index (χ4n) is 2.83. The third kappa shape index (κ3) is 3.14. The number of nitrogens with one attached hydrogen (secondary N) is 1. The molecule has 1 aromatic carbocycles. The van der Waals surface area contributed by atoms with Crippen molar-refractivity contribution in [3.63, 3.8) is 0 Å². The number of hydrogen-bond donors (Lipinski definition) is 1. The molecule has 112 valence electrons. The monoisotopic (exact) mass is 315 g/mol. The second kappa shape index (κ2) is 6.23. The van der Waals surface area contributed by atoms with E-state index in [1.54, 1.807) is 0 Å². The molecular weight excluding hydrogens is 293 g/mol. The van der Waals surface area contributed by atoms with Gasteiger partial charge in [0.25, 0.3) is 0 Å². The van der Waals surface area contributed by atoms with Crippen LogP contribution in [0.4, 0.5) is 0 Å². The van der Waals surface area contributed by atoms with Gasteiger partial charge in [-0.1, -0.05) is 43.1 Å². The molecule has 0 aromatic heterocycles. The minimum atomic E-state index is 0.167. The van der Waals surface area contributed by atoms with Gasteiger partial charge in [-0.25, -0.2) is 0 Å². The number of benzene rings is 1. The lowest BCUT2D eigenvalue weighted by molar-refractivity contribution is -0.116. The molecule has 1 fully saturated rings. The molecule has 0 heterocycles. The van der Waals surface area contributed by atoms with Gasteiger partial charge in [-0.3, -0.25) is 0 Å². The highest BCUT2D eigenvalue weighted by Crippen LogP contribution is 2.43. The van der Waals surface area contributed by atoms with E-state index in [0.717, 1.165) is 18.6 Å². The second-order valence-corrected chi connectivity index (χ2v) is 6.93. The molecule has 2 nitrogen and oxygen atoms in total. The maximum Gasteiger partial charge on any atom is 0.0655 e. The minimum Gasteiger partial charge on any atom is -0.378 e. The van der Waals surface area contributed by atoms with Gasteiger partial charge in [-0.05, 0) is 38.0 Å². The lowest BCUT2D eigenvalue weighted by Gasteiger charge is -2.52. The van der Waals surface area contributed by atoms with E-state index < -0.39 is 0 Å². The Morgan fingerprint density at radius 3 is 2.60 bits per heavy atom. The van der Waals surface area contributed by atoms with Crippen molar-refractivity contribution in [2.45, 2.75) is 52.3 Å². The van der Waals surface area contributed by atoms with E-state index in [1.807, 2.05) is 18.2 Å². The summed E-state index contributed by atoms with van der Waals surface area (Å²) in [6.07, 6.45) is 1.41. The Labute approximate surface area is 131 Å². The molecule has 1 aliphatic rings. The number of rotatable bonds is 5. The lowest BCUT2D eigenvalue weighted by atomic mass is 9.64. The lowest BCUT2D eigenvalue weighted by Crippen LogP contribution is -2.61. The van der Waals surface area contributed by atoms with E-state index in [2.05, 4.69) is 33.0 Å². The molecule has 3 unspecified atom stereocenters. The summed E-state index contributed by atoms with van der Waals surface area (Å²) in [6.45, 7) is 9.51. The molecule has 0 radical (unpaired) electrons. The molecule has 0 bridgehead atoms. The van der Waals surface area contributed by atoms with Gasteiger partial charge >= 0.3 is 0 Å². The van der Waals surface area contributed by atoms with Crippen LogP contribution < -0.4 is 5.32 Å². The molecule has 0 spiro atoms. The average Bonchev–Trinajstić information content (AvgIpc) is 2.40. The van der Waals surface area contributed by atoms with Crippen LogP contribution in [0.25, 0.3) is 0 Å². The summed E-state index contributed by atoms with van der Waals surface area (Å²) in [6, 6.07) is 6.53. The normalized spacial score (nSPS) is 26.1. The van der Waals surface area contributed by atoms with Crippen LogP contribution in [0, 0.1) is 5.41 Å². The first-order valence-corrected chi connectivity index (χ1v) is 7.94. The molecule has 0 amide bonds. The number of hydrogen-bond acceptors (Lipinski definition) is 2. The Bertz CT molecular complexity index is 476. The van der Waals surface area contributed by atoms with Crippen molar-refractivity contribution < 1.29 is 4.74 Å². The molecule has 2 rings (SSSR count). The Balaban J connectivity index is 1.99. The highest BCUT2D eigenvalue weighted by atomic mass is 35.5. The quantitative estimate of drug-likeness (QED) is 0.838. The minimum absolute atomic E-state index is 0.167. The smallest absolute Gasteiger partial charge is 0.0655 e. The van der Waals surface area contributed by atoms with Gasteiger partial charge in [0.05, 0.1) is 16.1 Å². The Kier molecular flexibility index (Phi) is 5.01. The molecule has 0 saturated heterocycles. The number of ether oxygens (including phenoxy) is 1. The van der Waals surface area contributed by atoms with E-state index in [1.165, 1.54) is 0 Å². The number of halogens is 2. The van der Waals surface area contributed by atoms with Crippen LogP contribution in [-0.2, 0) is 4.74 Å². The molecule has 1 aromatic rings. The molecule has 1 N–H and O–H groups in total. The first kappa shape index (κ1) is 16.1. The zero-order valence-corrected chi connectivity index (χ0v) is 14.1. The second-order valence-electron chi connectivity index (χ2n) is 6.12. The van der Waals surface area contributed by atoms with E-state index >= 15 is 0 Å². The van der Waals surface area contributed by atoms with Crippen molar-refractivity contribution in [3.8, 4) is 0 Å². The van der Waals surface area contributed by atoms with Crippen molar-refractivity contribution in [1.29, 1.82) is 0 Å². The first-order chi connectivity index (χ1) is 9.36. The van der Waals surface area contributed by atoms with Gasteiger partial charge in [0.15, 0.2) is 0 Å². The van der Waals surface area contributed by atoms with E-state index in [9.17, 15) is 0 Å². The van der Waals surface area contributed by atoms with Gasteiger partial charge in [0.1, 0.15) is 0 Å². The van der Waals surface area contributed by atoms with Crippen LogP contribution >= 0.6 is 23.2 Å². The van der Waals surface area contributed by atoms with Gasteiger partial charge in [-0.2, -0.15) is 0 Å². The van der Waals surface area contributed by atoms with Crippen LogP contribution in [0.5, 0.6) is 0 Å². The standard InChI is InChI=1S/C16H23Cl2NO/c1-5-20-15-9-14(16(15,3)4)19-10(2)11-6-7-12(17)13(18)8-11/h6-8,10,14-15,19H,5,9H2,1-4H3. The van der Waals surface area contributed by atoms with Crippen molar-refractivity contribution >= 4 is 23.2 Å². The van der Waals surface area contributed by atoms with Crippen LogP contribution in [0.15, 0.2) is 18.2 Å². The maximum absolute atomic E-state index is 6.08. The summed E-state index contributed by atoms with van der Waals surface area (Å²) in [4.78, 5) is 0. The zero-order valence-electron chi connectivity index (χ0n) is 12.5. The molecule has 1 saturated carbocycles. The summed E-state index contributed by atoms with van der Waals surface area (Å²) >= 11 is 12.0. The Hall–Kier alpha value is -0.280.